The van der Waals surface area contributed by atoms with Crippen molar-refractivity contribution in [3.8, 4) is 0 Å². The highest BCUT2D eigenvalue weighted by Gasteiger charge is 2.20. The van der Waals surface area contributed by atoms with E-state index in [1.807, 2.05) is 25.1 Å². The normalized spacial score (nSPS) is 12.7. The molecule has 0 fully saturated rings. The molecule has 0 aliphatic carbocycles. The Bertz CT molecular complexity index is 684. The molecule has 3 rings (SSSR count). The number of hydrogen-bond acceptors (Lipinski definition) is 2. The standard InChI is InChI=1S/C17H17FN2O/c1-2-20(16-6-4-3-5-14(16)18)17(21)13-8-7-12-9-10-19-15(12)11-13/h3-8,11,19H,2,9-10H2,1H3. The van der Waals surface area contributed by atoms with Crippen molar-refractivity contribution in [1.29, 1.82) is 0 Å². The van der Waals surface area contributed by atoms with Gasteiger partial charge in [-0.15, -0.1) is 0 Å². The Kier molecular flexibility index (Phi) is 3.60. The highest BCUT2D eigenvalue weighted by molar-refractivity contribution is 6.06. The molecule has 1 N–H and O–H groups in total. The second-order valence-electron chi connectivity index (χ2n) is 5.05. The van der Waals surface area contributed by atoms with Crippen LogP contribution in [0.4, 0.5) is 15.8 Å². The molecule has 0 atom stereocenters. The number of halogens is 1. The molecule has 2 aromatic carbocycles. The van der Waals surface area contributed by atoms with E-state index in [2.05, 4.69) is 5.32 Å². The molecule has 1 aliphatic heterocycles. The fourth-order valence-electron chi connectivity index (χ4n) is 2.67. The fourth-order valence-corrected chi connectivity index (χ4v) is 2.67. The third-order valence-electron chi connectivity index (χ3n) is 3.77. The zero-order chi connectivity index (χ0) is 14.8. The Hall–Kier alpha value is -2.36. The van der Waals surface area contributed by atoms with Crippen LogP contribution >= 0.6 is 0 Å². The summed E-state index contributed by atoms with van der Waals surface area (Å²) in [5.41, 5.74) is 3.12. The lowest BCUT2D eigenvalue weighted by molar-refractivity contribution is 0.0987. The van der Waals surface area contributed by atoms with E-state index >= 15 is 0 Å². The number of amides is 1. The number of para-hydroxylation sites is 1. The minimum atomic E-state index is -0.382. The summed E-state index contributed by atoms with van der Waals surface area (Å²) in [7, 11) is 0. The number of rotatable bonds is 3. The number of nitrogens with one attached hydrogen (secondary N) is 1. The van der Waals surface area contributed by atoms with Gasteiger partial charge in [-0.25, -0.2) is 4.39 Å². The topological polar surface area (TPSA) is 32.3 Å². The van der Waals surface area contributed by atoms with Gasteiger partial charge in [0.25, 0.3) is 5.91 Å². The van der Waals surface area contributed by atoms with Gasteiger partial charge in [0, 0.05) is 24.3 Å². The van der Waals surface area contributed by atoms with Crippen LogP contribution in [0, 0.1) is 5.82 Å². The molecule has 0 saturated heterocycles. The van der Waals surface area contributed by atoms with Crippen molar-refractivity contribution in [3.05, 3.63) is 59.4 Å². The maximum atomic E-state index is 13.9. The van der Waals surface area contributed by atoms with Crippen molar-refractivity contribution >= 4 is 17.3 Å². The second kappa shape index (κ2) is 5.56. The predicted octanol–water partition coefficient (Wildman–Crippen LogP) is 3.46. The van der Waals surface area contributed by atoms with Crippen LogP contribution in [0.5, 0.6) is 0 Å². The lowest BCUT2D eigenvalue weighted by atomic mass is 10.1. The van der Waals surface area contributed by atoms with Crippen molar-refractivity contribution < 1.29 is 9.18 Å². The van der Waals surface area contributed by atoms with E-state index < -0.39 is 0 Å². The van der Waals surface area contributed by atoms with Crippen LogP contribution in [0.1, 0.15) is 22.8 Å². The van der Waals surface area contributed by atoms with Crippen molar-refractivity contribution in [2.45, 2.75) is 13.3 Å². The monoisotopic (exact) mass is 284 g/mol. The van der Waals surface area contributed by atoms with E-state index in [4.69, 9.17) is 0 Å². The SMILES string of the molecule is CCN(C(=O)c1ccc2c(c1)NCC2)c1ccccc1F. The first-order valence-corrected chi connectivity index (χ1v) is 7.14. The summed E-state index contributed by atoms with van der Waals surface area (Å²) in [5, 5.41) is 3.26. The third kappa shape index (κ3) is 2.49. The van der Waals surface area contributed by atoms with E-state index in [-0.39, 0.29) is 11.7 Å². The number of hydrogen-bond donors (Lipinski definition) is 1. The van der Waals surface area contributed by atoms with E-state index in [0.29, 0.717) is 17.8 Å². The number of carbonyl (C=O) groups is 1. The zero-order valence-electron chi connectivity index (χ0n) is 11.9. The van der Waals surface area contributed by atoms with Crippen LogP contribution in [0.2, 0.25) is 0 Å². The van der Waals surface area contributed by atoms with Gasteiger partial charge in [-0.3, -0.25) is 4.79 Å². The summed E-state index contributed by atoms with van der Waals surface area (Å²) in [6.07, 6.45) is 0.981. The second-order valence-corrected chi connectivity index (χ2v) is 5.05. The summed E-state index contributed by atoms with van der Waals surface area (Å²) in [5.74, 6) is -0.564. The van der Waals surface area contributed by atoms with Crippen LogP contribution in [-0.4, -0.2) is 19.0 Å². The van der Waals surface area contributed by atoms with E-state index in [9.17, 15) is 9.18 Å². The quantitative estimate of drug-likeness (QED) is 0.936. The summed E-state index contributed by atoms with van der Waals surface area (Å²) in [4.78, 5) is 14.1. The van der Waals surface area contributed by atoms with Crippen LogP contribution in [-0.2, 0) is 6.42 Å². The van der Waals surface area contributed by atoms with Gasteiger partial charge in [0.1, 0.15) is 5.82 Å². The molecule has 21 heavy (non-hydrogen) atoms. The molecule has 4 heteroatoms. The summed E-state index contributed by atoms with van der Waals surface area (Å²) in [6.45, 7) is 3.16. The molecule has 2 aromatic rings. The van der Waals surface area contributed by atoms with Gasteiger partial charge in [-0.05, 0) is 43.2 Å². The highest BCUT2D eigenvalue weighted by Crippen LogP contribution is 2.26. The summed E-state index contributed by atoms with van der Waals surface area (Å²) >= 11 is 0. The smallest absolute Gasteiger partial charge is 0.258 e. The lowest BCUT2D eigenvalue weighted by Crippen LogP contribution is -2.31. The number of anilines is 2. The highest BCUT2D eigenvalue weighted by atomic mass is 19.1. The first-order chi connectivity index (χ1) is 10.2. The fraction of sp³-hybridized carbons (Fsp3) is 0.235. The van der Waals surface area contributed by atoms with Crippen LogP contribution in [0.3, 0.4) is 0 Å². The van der Waals surface area contributed by atoms with Gasteiger partial charge >= 0.3 is 0 Å². The maximum Gasteiger partial charge on any atom is 0.258 e. The Morgan fingerprint density at radius 1 is 1.29 bits per heavy atom. The minimum Gasteiger partial charge on any atom is -0.384 e. The molecule has 0 bridgehead atoms. The summed E-state index contributed by atoms with van der Waals surface area (Å²) < 4.78 is 13.9. The molecule has 0 spiro atoms. The Labute approximate surface area is 123 Å². The van der Waals surface area contributed by atoms with Gasteiger partial charge in [0.2, 0.25) is 0 Å². The van der Waals surface area contributed by atoms with E-state index in [0.717, 1.165) is 18.7 Å². The Morgan fingerprint density at radius 3 is 2.86 bits per heavy atom. The summed E-state index contributed by atoms with van der Waals surface area (Å²) in [6, 6.07) is 12.0. The molecule has 1 amide bonds. The van der Waals surface area contributed by atoms with E-state index in [1.54, 1.807) is 18.2 Å². The molecule has 0 aromatic heterocycles. The Balaban J connectivity index is 1.94. The average molecular weight is 284 g/mol. The average Bonchev–Trinajstić information content (AvgIpc) is 2.97. The largest absolute Gasteiger partial charge is 0.384 e. The van der Waals surface area contributed by atoms with Crippen molar-refractivity contribution in [2.24, 2.45) is 0 Å². The molecule has 0 radical (unpaired) electrons. The first kappa shape index (κ1) is 13.6. The number of benzene rings is 2. The van der Waals surface area contributed by atoms with Crippen molar-refractivity contribution in [1.82, 2.24) is 0 Å². The molecular weight excluding hydrogens is 267 g/mol. The van der Waals surface area contributed by atoms with Crippen molar-refractivity contribution in [3.63, 3.8) is 0 Å². The zero-order valence-corrected chi connectivity index (χ0v) is 11.9. The molecule has 1 aliphatic rings. The van der Waals surface area contributed by atoms with Crippen LogP contribution < -0.4 is 10.2 Å². The van der Waals surface area contributed by atoms with Gasteiger partial charge in [-0.2, -0.15) is 0 Å². The minimum absolute atomic E-state index is 0.181. The van der Waals surface area contributed by atoms with Crippen LogP contribution in [0.15, 0.2) is 42.5 Å². The molecule has 0 saturated carbocycles. The lowest BCUT2D eigenvalue weighted by Gasteiger charge is -2.22. The third-order valence-corrected chi connectivity index (χ3v) is 3.77. The van der Waals surface area contributed by atoms with Gasteiger partial charge in [0.15, 0.2) is 0 Å². The molecule has 0 unspecified atom stereocenters. The molecular formula is C17H17FN2O. The number of fused-ring (bicyclic) bond motifs is 1. The van der Waals surface area contributed by atoms with Gasteiger partial charge < -0.3 is 10.2 Å². The maximum absolute atomic E-state index is 13.9. The van der Waals surface area contributed by atoms with E-state index in [1.165, 1.54) is 16.5 Å². The predicted molar refractivity (Wildman–Crippen MR) is 82.4 cm³/mol. The number of nitrogens with zero attached hydrogens (tertiary/aromatic N) is 1. The molecule has 3 nitrogen and oxygen atoms in total. The van der Waals surface area contributed by atoms with Crippen molar-refractivity contribution in [2.75, 3.05) is 23.3 Å². The number of carbonyl (C=O) groups excluding carboxylic acids is 1. The molecule has 1 heterocycles. The first-order valence-electron chi connectivity index (χ1n) is 7.14. The van der Waals surface area contributed by atoms with Crippen LogP contribution in [0.25, 0.3) is 0 Å². The van der Waals surface area contributed by atoms with Gasteiger partial charge in [-0.1, -0.05) is 18.2 Å². The molecule has 108 valence electrons. The van der Waals surface area contributed by atoms with Gasteiger partial charge in [0.05, 0.1) is 5.69 Å². The Morgan fingerprint density at radius 2 is 2.10 bits per heavy atom.